The van der Waals surface area contributed by atoms with Crippen molar-refractivity contribution in [1.29, 1.82) is 0 Å². The van der Waals surface area contributed by atoms with Crippen LogP contribution in [-0.4, -0.2) is 47.1 Å². The standard InChI is InChI=1S/C11H13NO5/c13-4-7(14)5-16-8-1-2-9-10(12-15)6-17-11(9)3-8/h1-3,7,13-15H,4-6H2/b12-10+. The number of benzene rings is 1. The lowest BCUT2D eigenvalue weighted by molar-refractivity contribution is 0.0535. The van der Waals surface area contributed by atoms with E-state index in [0.29, 0.717) is 17.2 Å². The molecule has 1 aliphatic heterocycles. The average Bonchev–Trinajstić information content (AvgIpc) is 2.78. The Kier molecular flexibility index (Phi) is 3.46. The summed E-state index contributed by atoms with van der Waals surface area (Å²) in [5.74, 6) is 1.10. The quantitative estimate of drug-likeness (QED) is 0.507. The lowest BCUT2D eigenvalue weighted by atomic mass is 10.1. The van der Waals surface area contributed by atoms with Crippen molar-refractivity contribution in [3.05, 3.63) is 23.8 Å². The molecule has 0 saturated heterocycles. The Bertz CT molecular complexity index is 432. The zero-order valence-corrected chi connectivity index (χ0v) is 9.04. The lowest BCUT2D eigenvalue weighted by Gasteiger charge is -2.10. The predicted octanol–water partition coefficient (Wildman–Crippen LogP) is -0.0107. The van der Waals surface area contributed by atoms with Gasteiger partial charge in [0.2, 0.25) is 0 Å². The van der Waals surface area contributed by atoms with Gasteiger partial charge in [-0.15, -0.1) is 0 Å². The van der Waals surface area contributed by atoms with Gasteiger partial charge in [0.05, 0.1) is 6.61 Å². The Morgan fingerprint density at radius 3 is 3.00 bits per heavy atom. The topological polar surface area (TPSA) is 91.5 Å². The fourth-order valence-electron chi connectivity index (χ4n) is 1.50. The summed E-state index contributed by atoms with van der Waals surface area (Å²) in [5.41, 5.74) is 1.20. The molecule has 0 spiro atoms. The highest BCUT2D eigenvalue weighted by molar-refractivity contribution is 6.05. The third-order valence-electron chi connectivity index (χ3n) is 2.40. The molecule has 6 heteroatoms. The van der Waals surface area contributed by atoms with Crippen molar-refractivity contribution in [3.63, 3.8) is 0 Å². The van der Waals surface area contributed by atoms with Crippen molar-refractivity contribution < 1.29 is 24.9 Å². The molecule has 1 aromatic carbocycles. The molecule has 0 fully saturated rings. The molecule has 0 saturated carbocycles. The van der Waals surface area contributed by atoms with Crippen LogP contribution in [0.5, 0.6) is 11.5 Å². The summed E-state index contributed by atoms with van der Waals surface area (Å²) in [6.45, 7) is -0.104. The maximum Gasteiger partial charge on any atom is 0.134 e. The highest BCUT2D eigenvalue weighted by Gasteiger charge is 2.20. The summed E-state index contributed by atoms with van der Waals surface area (Å²) in [6, 6.07) is 5.05. The molecule has 1 unspecified atom stereocenters. The van der Waals surface area contributed by atoms with E-state index in [9.17, 15) is 0 Å². The summed E-state index contributed by atoms with van der Waals surface area (Å²) in [5, 5.41) is 29.6. The minimum absolute atomic E-state index is 0.0102. The van der Waals surface area contributed by atoms with Crippen LogP contribution in [0.4, 0.5) is 0 Å². The number of nitrogens with zero attached hydrogens (tertiary/aromatic N) is 1. The maximum absolute atomic E-state index is 9.13. The van der Waals surface area contributed by atoms with E-state index in [1.807, 2.05) is 0 Å². The molecular weight excluding hydrogens is 226 g/mol. The zero-order valence-electron chi connectivity index (χ0n) is 9.04. The van der Waals surface area contributed by atoms with E-state index in [0.717, 1.165) is 5.56 Å². The second kappa shape index (κ2) is 5.03. The number of oxime groups is 1. The summed E-state index contributed by atoms with van der Waals surface area (Å²) in [4.78, 5) is 0. The van der Waals surface area contributed by atoms with Crippen LogP contribution in [0, 0.1) is 0 Å². The van der Waals surface area contributed by atoms with Crippen LogP contribution in [0.3, 0.4) is 0 Å². The summed E-state index contributed by atoms with van der Waals surface area (Å²) < 4.78 is 10.6. The van der Waals surface area contributed by atoms with Crippen molar-refractivity contribution in [2.24, 2.45) is 5.16 Å². The summed E-state index contributed by atoms with van der Waals surface area (Å²) >= 11 is 0. The van der Waals surface area contributed by atoms with Crippen LogP contribution in [-0.2, 0) is 0 Å². The maximum atomic E-state index is 9.13. The van der Waals surface area contributed by atoms with Gasteiger partial charge in [-0.25, -0.2) is 0 Å². The van der Waals surface area contributed by atoms with Crippen LogP contribution in [0.15, 0.2) is 23.4 Å². The van der Waals surface area contributed by atoms with Gasteiger partial charge >= 0.3 is 0 Å². The monoisotopic (exact) mass is 239 g/mol. The molecule has 0 amide bonds. The van der Waals surface area contributed by atoms with Crippen LogP contribution in [0.25, 0.3) is 0 Å². The second-order valence-electron chi connectivity index (χ2n) is 3.64. The van der Waals surface area contributed by atoms with Gasteiger partial charge in [-0.2, -0.15) is 0 Å². The van der Waals surface area contributed by atoms with Gasteiger partial charge in [0, 0.05) is 11.6 Å². The minimum Gasteiger partial charge on any atom is -0.491 e. The van der Waals surface area contributed by atoms with Crippen molar-refractivity contribution in [2.75, 3.05) is 19.8 Å². The van der Waals surface area contributed by atoms with Gasteiger partial charge in [-0.1, -0.05) is 5.16 Å². The van der Waals surface area contributed by atoms with E-state index in [1.165, 1.54) is 0 Å². The Labute approximate surface area is 97.7 Å². The van der Waals surface area contributed by atoms with Gasteiger partial charge in [0.15, 0.2) is 0 Å². The molecular formula is C11H13NO5. The normalized spacial score (nSPS) is 17.6. The van der Waals surface area contributed by atoms with Gasteiger partial charge in [-0.05, 0) is 12.1 Å². The molecule has 0 aliphatic carbocycles. The first-order valence-electron chi connectivity index (χ1n) is 5.14. The van der Waals surface area contributed by atoms with Gasteiger partial charge < -0.3 is 24.9 Å². The summed E-state index contributed by atoms with van der Waals surface area (Å²) in [7, 11) is 0. The molecule has 1 heterocycles. The highest BCUT2D eigenvalue weighted by Crippen LogP contribution is 2.29. The molecule has 0 aromatic heterocycles. The second-order valence-corrected chi connectivity index (χ2v) is 3.64. The first-order chi connectivity index (χ1) is 8.24. The molecule has 2 rings (SSSR count). The average molecular weight is 239 g/mol. The van der Waals surface area contributed by atoms with E-state index >= 15 is 0 Å². The van der Waals surface area contributed by atoms with E-state index in [-0.39, 0.29) is 19.8 Å². The van der Waals surface area contributed by atoms with Crippen molar-refractivity contribution in [2.45, 2.75) is 6.10 Å². The number of ether oxygens (including phenoxy) is 2. The molecule has 3 N–H and O–H groups in total. The first-order valence-corrected chi connectivity index (χ1v) is 5.14. The van der Waals surface area contributed by atoms with Gasteiger partial charge in [0.25, 0.3) is 0 Å². The number of rotatable bonds is 4. The fourth-order valence-corrected chi connectivity index (χ4v) is 1.50. The smallest absolute Gasteiger partial charge is 0.134 e. The molecule has 0 bridgehead atoms. The van der Waals surface area contributed by atoms with Gasteiger partial charge in [-0.3, -0.25) is 0 Å². The van der Waals surface area contributed by atoms with Crippen molar-refractivity contribution in [3.8, 4) is 11.5 Å². The minimum atomic E-state index is -0.904. The number of aliphatic hydroxyl groups excluding tert-OH is 2. The highest BCUT2D eigenvalue weighted by atomic mass is 16.5. The largest absolute Gasteiger partial charge is 0.491 e. The third kappa shape index (κ3) is 2.48. The Morgan fingerprint density at radius 2 is 2.29 bits per heavy atom. The van der Waals surface area contributed by atoms with Gasteiger partial charge in [0.1, 0.15) is 36.5 Å². The first kappa shape index (κ1) is 11.7. The van der Waals surface area contributed by atoms with Crippen LogP contribution in [0.1, 0.15) is 5.56 Å². The SMILES string of the molecule is OCC(O)COc1ccc2c(c1)OC/C2=N\O. The molecule has 1 aliphatic rings. The third-order valence-corrected chi connectivity index (χ3v) is 2.40. The zero-order chi connectivity index (χ0) is 12.3. The van der Waals surface area contributed by atoms with Crippen molar-refractivity contribution >= 4 is 5.71 Å². The summed E-state index contributed by atoms with van der Waals surface area (Å²) in [6.07, 6.45) is -0.904. The Balaban J connectivity index is 2.08. The molecule has 92 valence electrons. The van der Waals surface area contributed by atoms with E-state index in [1.54, 1.807) is 18.2 Å². The molecule has 6 nitrogen and oxygen atoms in total. The number of hydrogen-bond donors (Lipinski definition) is 3. The number of fused-ring (bicyclic) bond motifs is 1. The molecule has 0 radical (unpaired) electrons. The lowest BCUT2D eigenvalue weighted by Crippen LogP contribution is -2.21. The van der Waals surface area contributed by atoms with Crippen LogP contribution >= 0.6 is 0 Å². The Morgan fingerprint density at radius 1 is 1.47 bits per heavy atom. The molecule has 17 heavy (non-hydrogen) atoms. The number of aliphatic hydroxyl groups is 2. The van der Waals surface area contributed by atoms with E-state index in [2.05, 4.69) is 5.16 Å². The number of hydrogen-bond acceptors (Lipinski definition) is 6. The van der Waals surface area contributed by atoms with E-state index < -0.39 is 6.10 Å². The Hall–Kier alpha value is -1.79. The fraction of sp³-hybridized carbons (Fsp3) is 0.364. The molecule has 1 aromatic rings. The molecule has 1 atom stereocenters. The van der Waals surface area contributed by atoms with E-state index in [4.69, 9.17) is 24.9 Å². The van der Waals surface area contributed by atoms with Crippen molar-refractivity contribution in [1.82, 2.24) is 0 Å². The van der Waals surface area contributed by atoms with Crippen LogP contribution < -0.4 is 9.47 Å². The predicted molar refractivity (Wildman–Crippen MR) is 58.8 cm³/mol. The van der Waals surface area contributed by atoms with Crippen LogP contribution in [0.2, 0.25) is 0 Å².